The molecule has 0 aromatic heterocycles. The smallest absolute Gasteiger partial charge is 0.191 e. The highest BCUT2D eigenvalue weighted by molar-refractivity contribution is 5.78. The molecule has 0 atom stereocenters. The number of hydrogen-bond donors (Lipinski definition) is 1. The molecule has 24 heavy (non-hydrogen) atoms. The molecule has 2 N–H and O–H groups in total. The van der Waals surface area contributed by atoms with Crippen LogP contribution in [0.2, 0.25) is 0 Å². The number of hydrogen-bond acceptors (Lipinski definition) is 4. The van der Waals surface area contributed by atoms with Crippen molar-refractivity contribution in [3.63, 3.8) is 0 Å². The van der Waals surface area contributed by atoms with Crippen molar-refractivity contribution in [3.8, 4) is 0 Å². The largest absolute Gasteiger partial charge is 0.379 e. The number of anilines is 1. The van der Waals surface area contributed by atoms with Gasteiger partial charge < -0.3 is 20.3 Å². The summed E-state index contributed by atoms with van der Waals surface area (Å²) in [4.78, 5) is 11.2. The first kappa shape index (κ1) is 17.0. The lowest BCUT2D eigenvalue weighted by Gasteiger charge is -2.36. The molecule has 0 aliphatic carbocycles. The van der Waals surface area contributed by atoms with Crippen LogP contribution in [0.3, 0.4) is 0 Å². The van der Waals surface area contributed by atoms with Gasteiger partial charge in [-0.15, -0.1) is 0 Å². The number of benzene rings is 1. The predicted molar refractivity (Wildman–Crippen MR) is 93.9 cm³/mol. The second-order valence-electron chi connectivity index (χ2n) is 6.14. The molecule has 0 saturated carbocycles. The monoisotopic (exact) mass is 335 g/mol. The van der Waals surface area contributed by atoms with E-state index in [1.165, 1.54) is 12.1 Å². The highest BCUT2D eigenvalue weighted by Gasteiger charge is 2.18. The molecular formula is C17H26FN5O. The second kappa shape index (κ2) is 8.30. The Morgan fingerprint density at radius 2 is 1.71 bits per heavy atom. The van der Waals surface area contributed by atoms with E-state index >= 15 is 0 Å². The van der Waals surface area contributed by atoms with E-state index in [9.17, 15) is 4.39 Å². The van der Waals surface area contributed by atoms with Crippen LogP contribution in [-0.4, -0.2) is 81.3 Å². The molecule has 7 heteroatoms. The number of halogens is 1. The number of nitrogens with zero attached hydrogens (tertiary/aromatic N) is 4. The van der Waals surface area contributed by atoms with Gasteiger partial charge in [-0.05, 0) is 24.3 Å². The minimum Gasteiger partial charge on any atom is -0.379 e. The van der Waals surface area contributed by atoms with Gasteiger partial charge in [-0.2, -0.15) is 0 Å². The molecule has 2 saturated heterocycles. The summed E-state index contributed by atoms with van der Waals surface area (Å²) >= 11 is 0. The Morgan fingerprint density at radius 1 is 1.04 bits per heavy atom. The van der Waals surface area contributed by atoms with Gasteiger partial charge >= 0.3 is 0 Å². The second-order valence-corrected chi connectivity index (χ2v) is 6.14. The fraction of sp³-hybridized carbons (Fsp3) is 0.588. The molecule has 0 amide bonds. The van der Waals surface area contributed by atoms with E-state index in [4.69, 9.17) is 10.5 Å². The van der Waals surface area contributed by atoms with Crippen molar-refractivity contribution in [2.45, 2.75) is 0 Å². The third-order valence-electron chi connectivity index (χ3n) is 4.59. The topological polar surface area (TPSA) is 57.3 Å². The minimum absolute atomic E-state index is 0.200. The fourth-order valence-electron chi connectivity index (χ4n) is 3.08. The van der Waals surface area contributed by atoms with Gasteiger partial charge in [0.25, 0.3) is 0 Å². The van der Waals surface area contributed by atoms with Crippen LogP contribution in [0.25, 0.3) is 0 Å². The lowest BCUT2D eigenvalue weighted by atomic mass is 10.2. The van der Waals surface area contributed by atoms with Gasteiger partial charge in [0.05, 0.1) is 19.8 Å². The van der Waals surface area contributed by atoms with E-state index in [1.807, 2.05) is 12.1 Å². The third-order valence-corrected chi connectivity index (χ3v) is 4.59. The lowest BCUT2D eigenvalue weighted by molar-refractivity contribution is 0.0394. The molecule has 3 rings (SSSR count). The van der Waals surface area contributed by atoms with Crippen LogP contribution < -0.4 is 10.6 Å². The van der Waals surface area contributed by atoms with Gasteiger partial charge in [0.1, 0.15) is 5.82 Å². The van der Waals surface area contributed by atoms with Gasteiger partial charge in [0.15, 0.2) is 5.96 Å². The molecule has 0 unspecified atom stereocenters. The summed E-state index contributed by atoms with van der Waals surface area (Å²) in [5.74, 6) is 0.427. The van der Waals surface area contributed by atoms with Crippen LogP contribution in [0.5, 0.6) is 0 Å². The van der Waals surface area contributed by atoms with Crippen molar-refractivity contribution < 1.29 is 9.13 Å². The Labute approximate surface area is 142 Å². The van der Waals surface area contributed by atoms with Crippen molar-refractivity contribution in [2.75, 3.05) is 70.5 Å². The number of aliphatic imine (C=N–C) groups is 1. The van der Waals surface area contributed by atoms with E-state index in [0.29, 0.717) is 5.96 Å². The summed E-state index contributed by atoms with van der Waals surface area (Å²) in [6, 6.07) is 6.65. The Bertz CT molecular complexity index is 536. The fourth-order valence-corrected chi connectivity index (χ4v) is 3.08. The lowest BCUT2D eigenvalue weighted by Crippen LogP contribution is -2.51. The van der Waals surface area contributed by atoms with Crippen molar-refractivity contribution in [3.05, 3.63) is 30.1 Å². The zero-order chi connectivity index (χ0) is 16.8. The Kier molecular flexibility index (Phi) is 5.87. The van der Waals surface area contributed by atoms with Crippen LogP contribution in [0.15, 0.2) is 29.3 Å². The molecule has 1 aromatic rings. The van der Waals surface area contributed by atoms with Crippen LogP contribution in [0.4, 0.5) is 10.1 Å². The molecule has 2 heterocycles. The van der Waals surface area contributed by atoms with Crippen molar-refractivity contribution in [1.82, 2.24) is 9.80 Å². The number of rotatable bonds is 4. The maximum absolute atomic E-state index is 13.0. The summed E-state index contributed by atoms with van der Waals surface area (Å²) in [6.07, 6.45) is 0. The first-order chi connectivity index (χ1) is 11.7. The highest BCUT2D eigenvalue weighted by Crippen LogP contribution is 2.16. The summed E-state index contributed by atoms with van der Waals surface area (Å²) in [5, 5.41) is 0. The summed E-state index contributed by atoms with van der Waals surface area (Å²) < 4.78 is 18.3. The van der Waals surface area contributed by atoms with Gasteiger partial charge in [-0.25, -0.2) is 4.39 Å². The molecule has 0 radical (unpaired) electrons. The molecule has 2 aliphatic heterocycles. The molecule has 0 bridgehead atoms. The number of nitrogens with two attached hydrogens (primary N) is 1. The molecule has 2 aliphatic rings. The Hall–Kier alpha value is -1.86. The summed E-state index contributed by atoms with van der Waals surface area (Å²) in [5.41, 5.74) is 7.19. The standard InChI is InChI=1S/C17H26FN5O/c18-15-1-3-16(4-2-15)22-7-9-23(10-8-22)17(19)20-5-6-21-11-13-24-14-12-21/h1-4H,5-14H2,(H2,19,20). The zero-order valence-electron chi connectivity index (χ0n) is 14.0. The van der Waals surface area contributed by atoms with E-state index in [0.717, 1.165) is 71.3 Å². The number of morpholine rings is 1. The molecular weight excluding hydrogens is 309 g/mol. The van der Waals surface area contributed by atoms with Crippen LogP contribution in [0, 0.1) is 5.82 Å². The molecule has 132 valence electrons. The van der Waals surface area contributed by atoms with Gasteiger partial charge in [-0.1, -0.05) is 0 Å². The van der Waals surface area contributed by atoms with Gasteiger partial charge in [0.2, 0.25) is 0 Å². The van der Waals surface area contributed by atoms with E-state index in [1.54, 1.807) is 0 Å². The number of ether oxygens (including phenoxy) is 1. The quantitative estimate of drug-likeness (QED) is 0.645. The average Bonchev–Trinajstić information content (AvgIpc) is 2.63. The molecule has 6 nitrogen and oxygen atoms in total. The van der Waals surface area contributed by atoms with Gasteiger partial charge in [-0.3, -0.25) is 9.89 Å². The van der Waals surface area contributed by atoms with Crippen LogP contribution in [-0.2, 0) is 4.74 Å². The van der Waals surface area contributed by atoms with Crippen LogP contribution in [0.1, 0.15) is 0 Å². The van der Waals surface area contributed by atoms with E-state index in [2.05, 4.69) is 19.7 Å². The van der Waals surface area contributed by atoms with Crippen molar-refractivity contribution >= 4 is 11.6 Å². The Balaban J connectivity index is 1.43. The molecule has 0 spiro atoms. The minimum atomic E-state index is -0.200. The molecule has 2 fully saturated rings. The number of guanidine groups is 1. The Morgan fingerprint density at radius 3 is 2.38 bits per heavy atom. The first-order valence-electron chi connectivity index (χ1n) is 8.58. The summed E-state index contributed by atoms with van der Waals surface area (Å²) in [7, 11) is 0. The van der Waals surface area contributed by atoms with E-state index < -0.39 is 0 Å². The summed E-state index contributed by atoms with van der Waals surface area (Å²) in [6.45, 7) is 8.64. The van der Waals surface area contributed by atoms with Crippen molar-refractivity contribution in [1.29, 1.82) is 0 Å². The SMILES string of the molecule is NC(=NCCN1CCOCC1)N1CCN(c2ccc(F)cc2)CC1. The zero-order valence-corrected chi connectivity index (χ0v) is 14.0. The maximum atomic E-state index is 13.0. The van der Waals surface area contributed by atoms with Gasteiger partial charge in [0, 0.05) is 51.5 Å². The third kappa shape index (κ3) is 4.58. The van der Waals surface area contributed by atoms with Crippen LogP contribution >= 0.6 is 0 Å². The molecule has 1 aromatic carbocycles. The van der Waals surface area contributed by atoms with Crippen molar-refractivity contribution in [2.24, 2.45) is 10.7 Å². The number of piperazine rings is 1. The maximum Gasteiger partial charge on any atom is 0.191 e. The predicted octanol–water partition coefficient (Wildman–Crippen LogP) is 0.595. The van der Waals surface area contributed by atoms with E-state index in [-0.39, 0.29) is 5.82 Å². The first-order valence-corrected chi connectivity index (χ1v) is 8.58. The highest BCUT2D eigenvalue weighted by atomic mass is 19.1. The average molecular weight is 335 g/mol. The normalized spacial score (nSPS) is 20.5.